The molecular formula is C17H26N2O3. The third kappa shape index (κ3) is 4.71. The normalized spacial score (nSPS) is 16.1. The zero-order chi connectivity index (χ0) is 16.2. The molecule has 0 unspecified atom stereocenters. The molecule has 1 aliphatic rings. The number of β-amino-alcohol motifs (C(OH)–C–C–N with tert-alkyl or cyclic N) is 1. The molecule has 0 saturated carbocycles. The Labute approximate surface area is 132 Å². The van der Waals surface area contributed by atoms with E-state index in [0.717, 1.165) is 29.7 Å². The number of carbonyl (C=O) groups is 1. The van der Waals surface area contributed by atoms with Crippen molar-refractivity contribution in [3.8, 4) is 5.75 Å². The topological polar surface area (TPSA) is 61.8 Å². The Balaban J connectivity index is 1.92. The lowest BCUT2D eigenvalue weighted by Crippen LogP contribution is -2.42. The van der Waals surface area contributed by atoms with Crippen molar-refractivity contribution in [2.75, 3.05) is 19.7 Å². The van der Waals surface area contributed by atoms with Crippen molar-refractivity contribution in [1.82, 2.24) is 10.2 Å². The van der Waals surface area contributed by atoms with Crippen LogP contribution < -0.4 is 10.1 Å². The summed E-state index contributed by atoms with van der Waals surface area (Å²) in [4.78, 5) is 12.6. The Hall–Kier alpha value is -1.59. The molecule has 0 bridgehead atoms. The van der Waals surface area contributed by atoms with Gasteiger partial charge in [-0.05, 0) is 38.8 Å². The Bertz CT molecular complexity index is 511. The molecule has 1 atom stereocenters. The molecule has 122 valence electrons. The Morgan fingerprint density at radius 2 is 2.23 bits per heavy atom. The maximum absolute atomic E-state index is 10.9. The lowest BCUT2D eigenvalue weighted by Gasteiger charge is -2.27. The highest BCUT2D eigenvalue weighted by atomic mass is 16.5. The number of benzene rings is 1. The van der Waals surface area contributed by atoms with E-state index in [-0.39, 0.29) is 12.1 Å². The number of fused-ring (bicyclic) bond motifs is 1. The van der Waals surface area contributed by atoms with Gasteiger partial charge in [-0.15, -0.1) is 0 Å². The van der Waals surface area contributed by atoms with Crippen LogP contribution in [0.25, 0.3) is 0 Å². The molecule has 1 amide bonds. The molecule has 1 heterocycles. The summed E-state index contributed by atoms with van der Waals surface area (Å²) in [5, 5.41) is 13.3. The van der Waals surface area contributed by atoms with Crippen LogP contribution in [-0.2, 0) is 17.8 Å². The zero-order valence-corrected chi connectivity index (χ0v) is 13.6. The Morgan fingerprint density at radius 3 is 2.91 bits per heavy atom. The fourth-order valence-corrected chi connectivity index (χ4v) is 2.49. The third-order valence-corrected chi connectivity index (χ3v) is 3.70. The first-order valence-electron chi connectivity index (χ1n) is 7.75. The summed E-state index contributed by atoms with van der Waals surface area (Å²) in [5.41, 5.74) is 2.25. The molecule has 1 aliphatic heterocycles. The van der Waals surface area contributed by atoms with E-state index >= 15 is 0 Å². The van der Waals surface area contributed by atoms with E-state index in [4.69, 9.17) is 4.74 Å². The van der Waals surface area contributed by atoms with Gasteiger partial charge in [-0.1, -0.05) is 12.1 Å². The molecule has 0 saturated heterocycles. The van der Waals surface area contributed by atoms with Crippen LogP contribution in [-0.4, -0.2) is 47.8 Å². The summed E-state index contributed by atoms with van der Waals surface area (Å²) in [7, 11) is 0. The first kappa shape index (κ1) is 16.8. The van der Waals surface area contributed by atoms with Crippen molar-refractivity contribution in [2.24, 2.45) is 0 Å². The van der Waals surface area contributed by atoms with Gasteiger partial charge in [0.25, 0.3) is 0 Å². The SMILES string of the molecule is CC(C)(C)NC[C@@H](O)COc1cccc2c1CCN(C=O)C2. The number of nitrogens with one attached hydrogen (secondary N) is 1. The maximum Gasteiger partial charge on any atom is 0.210 e. The summed E-state index contributed by atoms with van der Waals surface area (Å²) in [6, 6.07) is 5.89. The molecule has 2 N–H and O–H groups in total. The number of hydrogen-bond donors (Lipinski definition) is 2. The van der Waals surface area contributed by atoms with Gasteiger partial charge in [0.1, 0.15) is 18.5 Å². The quantitative estimate of drug-likeness (QED) is 0.778. The van der Waals surface area contributed by atoms with E-state index in [2.05, 4.69) is 26.1 Å². The minimum absolute atomic E-state index is 0.0226. The summed E-state index contributed by atoms with van der Waals surface area (Å²) < 4.78 is 5.80. The molecule has 0 fully saturated rings. The molecule has 1 aromatic carbocycles. The summed E-state index contributed by atoms with van der Waals surface area (Å²) in [5.74, 6) is 0.817. The predicted octanol–water partition coefficient (Wildman–Crippen LogP) is 1.33. The lowest BCUT2D eigenvalue weighted by atomic mass is 9.99. The summed E-state index contributed by atoms with van der Waals surface area (Å²) >= 11 is 0. The fourth-order valence-electron chi connectivity index (χ4n) is 2.49. The average Bonchev–Trinajstić information content (AvgIpc) is 2.49. The van der Waals surface area contributed by atoms with Gasteiger partial charge in [-0.3, -0.25) is 4.79 Å². The van der Waals surface area contributed by atoms with Crippen LogP contribution in [0.2, 0.25) is 0 Å². The zero-order valence-electron chi connectivity index (χ0n) is 13.6. The minimum atomic E-state index is -0.551. The van der Waals surface area contributed by atoms with E-state index in [9.17, 15) is 9.90 Å². The molecule has 1 aromatic rings. The van der Waals surface area contributed by atoms with Crippen molar-refractivity contribution in [1.29, 1.82) is 0 Å². The number of rotatable bonds is 6. The molecule has 5 heteroatoms. The molecule has 0 radical (unpaired) electrons. The van der Waals surface area contributed by atoms with Gasteiger partial charge < -0.3 is 20.1 Å². The van der Waals surface area contributed by atoms with Crippen LogP contribution in [0, 0.1) is 0 Å². The van der Waals surface area contributed by atoms with Crippen LogP contribution in [0.5, 0.6) is 5.75 Å². The van der Waals surface area contributed by atoms with E-state index in [0.29, 0.717) is 19.6 Å². The van der Waals surface area contributed by atoms with E-state index in [1.807, 2.05) is 18.2 Å². The molecule has 22 heavy (non-hydrogen) atoms. The Morgan fingerprint density at radius 1 is 1.45 bits per heavy atom. The van der Waals surface area contributed by atoms with Gasteiger partial charge >= 0.3 is 0 Å². The van der Waals surface area contributed by atoms with Crippen molar-refractivity contribution >= 4 is 6.41 Å². The Kier molecular flexibility index (Phi) is 5.42. The van der Waals surface area contributed by atoms with Crippen molar-refractivity contribution < 1.29 is 14.6 Å². The van der Waals surface area contributed by atoms with Crippen LogP contribution in [0.15, 0.2) is 18.2 Å². The largest absolute Gasteiger partial charge is 0.491 e. The molecule has 2 rings (SSSR count). The van der Waals surface area contributed by atoms with Gasteiger partial charge in [-0.2, -0.15) is 0 Å². The molecular weight excluding hydrogens is 280 g/mol. The van der Waals surface area contributed by atoms with Crippen molar-refractivity contribution in [2.45, 2.75) is 45.4 Å². The standard InChI is InChI=1S/C17H26N2O3/c1-17(2,3)18-9-14(21)11-22-16-6-4-5-13-10-19(12-20)8-7-15(13)16/h4-6,12,14,18,21H,7-11H2,1-3H3/t14-/m1/s1. The van der Waals surface area contributed by atoms with Gasteiger partial charge in [-0.25, -0.2) is 0 Å². The van der Waals surface area contributed by atoms with E-state index in [1.54, 1.807) is 4.90 Å². The second-order valence-corrected chi connectivity index (χ2v) is 6.82. The number of nitrogens with zero attached hydrogens (tertiary/aromatic N) is 1. The van der Waals surface area contributed by atoms with Gasteiger partial charge in [0.15, 0.2) is 0 Å². The highest BCUT2D eigenvalue weighted by Gasteiger charge is 2.19. The van der Waals surface area contributed by atoms with Crippen LogP contribution in [0.3, 0.4) is 0 Å². The first-order valence-corrected chi connectivity index (χ1v) is 7.75. The smallest absolute Gasteiger partial charge is 0.210 e. The molecule has 0 aliphatic carbocycles. The number of amides is 1. The highest BCUT2D eigenvalue weighted by Crippen LogP contribution is 2.27. The molecule has 0 spiro atoms. The predicted molar refractivity (Wildman–Crippen MR) is 85.9 cm³/mol. The first-order chi connectivity index (χ1) is 10.4. The minimum Gasteiger partial charge on any atom is -0.491 e. The fraction of sp³-hybridized carbons (Fsp3) is 0.588. The maximum atomic E-state index is 10.9. The third-order valence-electron chi connectivity index (χ3n) is 3.70. The van der Waals surface area contributed by atoms with Crippen LogP contribution in [0.4, 0.5) is 0 Å². The number of hydrogen-bond acceptors (Lipinski definition) is 4. The second kappa shape index (κ2) is 7.11. The van der Waals surface area contributed by atoms with Crippen LogP contribution >= 0.6 is 0 Å². The van der Waals surface area contributed by atoms with E-state index < -0.39 is 6.10 Å². The van der Waals surface area contributed by atoms with Gasteiger partial charge in [0, 0.05) is 30.7 Å². The van der Waals surface area contributed by atoms with Gasteiger partial charge in [0.2, 0.25) is 6.41 Å². The van der Waals surface area contributed by atoms with Crippen molar-refractivity contribution in [3.63, 3.8) is 0 Å². The van der Waals surface area contributed by atoms with Crippen LogP contribution in [0.1, 0.15) is 31.9 Å². The lowest BCUT2D eigenvalue weighted by molar-refractivity contribution is -0.118. The highest BCUT2D eigenvalue weighted by molar-refractivity contribution is 5.51. The van der Waals surface area contributed by atoms with Gasteiger partial charge in [0.05, 0.1) is 0 Å². The number of aliphatic hydroxyl groups excluding tert-OH is 1. The average molecular weight is 306 g/mol. The van der Waals surface area contributed by atoms with Crippen molar-refractivity contribution in [3.05, 3.63) is 29.3 Å². The number of aliphatic hydroxyl groups is 1. The monoisotopic (exact) mass is 306 g/mol. The van der Waals surface area contributed by atoms with E-state index in [1.165, 1.54) is 0 Å². The number of ether oxygens (including phenoxy) is 1. The second-order valence-electron chi connectivity index (χ2n) is 6.82. The number of carbonyl (C=O) groups excluding carboxylic acids is 1. The summed E-state index contributed by atoms with van der Waals surface area (Å²) in [6.07, 6.45) is 1.13. The molecule has 5 nitrogen and oxygen atoms in total. The molecule has 0 aromatic heterocycles. The summed E-state index contributed by atoms with van der Waals surface area (Å²) in [6.45, 7) is 8.29.